The Balaban J connectivity index is 3.16. The molecule has 0 aliphatic heterocycles. The van der Waals surface area contributed by atoms with Gasteiger partial charge in [0.25, 0.3) is 0 Å². The maximum atomic E-state index is 11.1. The van der Waals surface area contributed by atoms with E-state index >= 15 is 0 Å². The van der Waals surface area contributed by atoms with E-state index in [-0.39, 0.29) is 12.3 Å². The zero-order valence-corrected chi connectivity index (χ0v) is 9.21. The predicted octanol–water partition coefficient (Wildman–Crippen LogP) is 0.357. The number of nitrogens with one attached hydrogen (secondary N) is 2. The summed E-state index contributed by atoms with van der Waals surface area (Å²) in [5.41, 5.74) is 0. The third-order valence-electron chi connectivity index (χ3n) is 1.85. The average molecular weight is 216 g/mol. The van der Waals surface area contributed by atoms with Gasteiger partial charge in [-0.25, -0.2) is 0 Å². The molecule has 0 rings (SSSR count). The van der Waals surface area contributed by atoms with Crippen LogP contribution >= 0.6 is 0 Å². The van der Waals surface area contributed by atoms with Gasteiger partial charge in [-0.15, -0.1) is 0 Å². The van der Waals surface area contributed by atoms with E-state index in [0.717, 1.165) is 12.8 Å². The van der Waals surface area contributed by atoms with Crippen LogP contribution in [-0.4, -0.2) is 36.6 Å². The smallest absolute Gasteiger partial charge is 0.303 e. The van der Waals surface area contributed by atoms with E-state index in [2.05, 4.69) is 10.6 Å². The summed E-state index contributed by atoms with van der Waals surface area (Å²) in [5.74, 6) is -0.772. The molecule has 0 aromatic carbocycles. The minimum absolute atomic E-state index is 0.00455. The van der Waals surface area contributed by atoms with E-state index in [4.69, 9.17) is 5.11 Å². The van der Waals surface area contributed by atoms with Crippen molar-refractivity contribution in [2.75, 3.05) is 19.6 Å². The van der Waals surface area contributed by atoms with Gasteiger partial charge in [-0.2, -0.15) is 0 Å². The van der Waals surface area contributed by atoms with Crippen LogP contribution in [-0.2, 0) is 9.59 Å². The fraction of sp³-hybridized carbons (Fsp3) is 0.800. The van der Waals surface area contributed by atoms with E-state index in [0.29, 0.717) is 26.1 Å². The molecule has 0 aromatic rings. The quantitative estimate of drug-likeness (QED) is 0.486. The summed E-state index contributed by atoms with van der Waals surface area (Å²) in [6.45, 7) is 3.71. The van der Waals surface area contributed by atoms with Crippen LogP contribution in [0.5, 0.6) is 0 Å². The molecule has 88 valence electrons. The Kier molecular flexibility index (Phi) is 8.76. The zero-order chi connectivity index (χ0) is 11.5. The second-order valence-electron chi connectivity index (χ2n) is 3.38. The van der Waals surface area contributed by atoms with Gasteiger partial charge >= 0.3 is 5.97 Å². The molecule has 0 aliphatic rings. The van der Waals surface area contributed by atoms with E-state index < -0.39 is 5.97 Å². The number of carbonyl (C=O) groups is 2. The number of aliphatic carboxylic acids is 1. The van der Waals surface area contributed by atoms with Gasteiger partial charge in [0.15, 0.2) is 0 Å². The first-order valence-electron chi connectivity index (χ1n) is 5.36. The van der Waals surface area contributed by atoms with E-state index in [9.17, 15) is 9.59 Å². The minimum atomic E-state index is -0.768. The van der Waals surface area contributed by atoms with Gasteiger partial charge in [0.05, 0.1) is 6.54 Å². The van der Waals surface area contributed by atoms with Crippen molar-refractivity contribution in [2.45, 2.75) is 32.6 Å². The topological polar surface area (TPSA) is 78.4 Å². The van der Waals surface area contributed by atoms with Crippen molar-refractivity contribution in [3.05, 3.63) is 0 Å². The summed E-state index contributed by atoms with van der Waals surface area (Å²) >= 11 is 0. The first-order chi connectivity index (χ1) is 7.16. The van der Waals surface area contributed by atoms with Crippen LogP contribution in [0, 0.1) is 0 Å². The Hall–Kier alpha value is -1.10. The summed E-state index contributed by atoms with van der Waals surface area (Å²) in [6.07, 6.45) is 2.57. The number of carbonyl (C=O) groups excluding carboxylic acids is 1. The number of carboxylic acids is 1. The first-order valence-corrected chi connectivity index (χ1v) is 5.36. The Bertz CT molecular complexity index is 195. The lowest BCUT2D eigenvalue weighted by Crippen LogP contribution is -2.34. The number of amides is 1. The minimum Gasteiger partial charge on any atom is -0.481 e. The molecule has 5 nitrogen and oxygen atoms in total. The summed E-state index contributed by atoms with van der Waals surface area (Å²) in [5, 5.41) is 14.1. The van der Waals surface area contributed by atoms with Gasteiger partial charge < -0.3 is 15.7 Å². The highest BCUT2D eigenvalue weighted by molar-refractivity contribution is 5.77. The van der Waals surface area contributed by atoms with Crippen molar-refractivity contribution in [2.24, 2.45) is 0 Å². The number of rotatable bonds is 9. The Morgan fingerprint density at radius 1 is 1.20 bits per heavy atom. The van der Waals surface area contributed by atoms with Crippen molar-refractivity contribution in [1.29, 1.82) is 0 Å². The van der Waals surface area contributed by atoms with Crippen LogP contribution in [0.2, 0.25) is 0 Å². The molecule has 0 spiro atoms. The highest BCUT2D eigenvalue weighted by atomic mass is 16.4. The van der Waals surface area contributed by atoms with E-state index in [1.54, 1.807) is 0 Å². The van der Waals surface area contributed by atoms with Crippen LogP contribution in [0.4, 0.5) is 0 Å². The van der Waals surface area contributed by atoms with Gasteiger partial charge in [0, 0.05) is 13.0 Å². The van der Waals surface area contributed by atoms with Gasteiger partial charge in [-0.05, 0) is 25.8 Å². The molecule has 1 amide bonds. The third kappa shape index (κ3) is 10.8. The summed E-state index contributed by atoms with van der Waals surface area (Å²) in [6, 6.07) is 0. The molecule has 0 aliphatic carbocycles. The van der Waals surface area contributed by atoms with E-state index in [1.165, 1.54) is 0 Å². The lowest BCUT2D eigenvalue weighted by atomic mass is 10.2. The lowest BCUT2D eigenvalue weighted by Gasteiger charge is -2.04. The van der Waals surface area contributed by atoms with Gasteiger partial charge in [0.2, 0.25) is 5.91 Å². The standard InChI is InChI=1S/C10H20N2O3/c1-2-6-12-9(13)8-11-7-4-3-5-10(14)15/h11H,2-8H2,1H3,(H,12,13)(H,14,15). The zero-order valence-electron chi connectivity index (χ0n) is 9.21. The van der Waals surface area contributed by atoms with Crippen molar-refractivity contribution in [1.82, 2.24) is 10.6 Å². The molecule has 0 atom stereocenters. The van der Waals surface area contributed by atoms with Crippen molar-refractivity contribution < 1.29 is 14.7 Å². The second kappa shape index (κ2) is 9.45. The summed E-state index contributed by atoms with van der Waals surface area (Å²) < 4.78 is 0. The third-order valence-corrected chi connectivity index (χ3v) is 1.85. The Morgan fingerprint density at radius 2 is 1.93 bits per heavy atom. The largest absolute Gasteiger partial charge is 0.481 e. The van der Waals surface area contributed by atoms with Crippen molar-refractivity contribution >= 4 is 11.9 Å². The monoisotopic (exact) mass is 216 g/mol. The summed E-state index contributed by atoms with van der Waals surface area (Å²) in [4.78, 5) is 21.2. The Morgan fingerprint density at radius 3 is 2.53 bits per heavy atom. The highest BCUT2D eigenvalue weighted by Crippen LogP contribution is 1.92. The molecule has 0 unspecified atom stereocenters. The van der Waals surface area contributed by atoms with Crippen molar-refractivity contribution in [3.63, 3.8) is 0 Å². The molecule has 0 saturated carbocycles. The normalized spacial score (nSPS) is 9.93. The second-order valence-corrected chi connectivity index (χ2v) is 3.38. The molecule has 3 N–H and O–H groups in total. The summed E-state index contributed by atoms with van der Waals surface area (Å²) in [7, 11) is 0. The van der Waals surface area contributed by atoms with Gasteiger partial charge in [-0.3, -0.25) is 9.59 Å². The van der Waals surface area contributed by atoms with Crippen LogP contribution in [0.1, 0.15) is 32.6 Å². The molecule has 15 heavy (non-hydrogen) atoms. The van der Waals surface area contributed by atoms with Gasteiger partial charge in [-0.1, -0.05) is 6.92 Å². The average Bonchev–Trinajstić information content (AvgIpc) is 2.19. The molecule has 0 bridgehead atoms. The molecule has 0 fully saturated rings. The maximum Gasteiger partial charge on any atom is 0.303 e. The Labute approximate surface area is 90.2 Å². The molecule has 0 saturated heterocycles. The van der Waals surface area contributed by atoms with Crippen LogP contribution in [0.3, 0.4) is 0 Å². The van der Waals surface area contributed by atoms with Crippen LogP contribution < -0.4 is 10.6 Å². The SMILES string of the molecule is CCCNC(=O)CNCCCCC(=O)O. The fourth-order valence-corrected chi connectivity index (χ4v) is 1.06. The van der Waals surface area contributed by atoms with E-state index in [1.807, 2.05) is 6.92 Å². The number of hydrogen-bond acceptors (Lipinski definition) is 3. The maximum absolute atomic E-state index is 11.1. The molecule has 0 aromatic heterocycles. The van der Waals surface area contributed by atoms with Crippen molar-refractivity contribution in [3.8, 4) is 0 Å². The van der Waals surface area contributed by atoms with Crippen LogP contribution in [0.25, 0.3) is 0 Å². The number of carboxylic acid groups (broad SMARTS) is 1. The molecular weight excluding hydrogens is 196 g/mol. The first kappa shape index (κ1) is 13.9. The highest BCUT2D eigenvalue weighted by Gasteiger charge is 1.99. The molecule has 5 heteroatoms. The molecular formula is C10H20N2O3. The number of hydrogen-bond donors (Lipinski definition) is 3. The fourth-order valence-electron chi connectivity index (χ4n) is 1.06. The lowest BCUT2D eigenvalue weighted by molar-refractivity contribution is -0.137. The molecule has 0 radical (unpaired) electrons. The molecule has 0 heterocycles. The van der Waals surface area contributed by atoms with Crippen LogP contribution in [0.15, 0.2) is 0 Å². The number of unbranched alkanes of at least 4 members (excludes halogenated alkanes) is 1. The predicted molar refractivity (Wildman–Crippen MR) is 57.7 cm³/mol. The van der Waals surface area contributed by atoms with Gasteiger partial charge in [0.1, 0.15) is 0 Å².